The number of halogens is 6. The summed E-state index contributed by atoms with van der Waals surface area (Å²) in [6.07, 6.45) is -8.27. The zero-order valence-corrected chi connectivity index (χ0v) is 17.9. The molecular formula is C23H19F6NO5. The molecule has 35 heavy (non-hydrogen) atoms. The van der Waals surface area contributed by atoms with E-state index in [1.807, 2.05) is 4.90 Å². The number of carboxylic acids is 1. The number of nitrogens with zero attached hydrogens (tertiary/aromatic N) is 1. The second-order valence-electron chi connectivity index (χ2n) is 8.33. The molecule has 0 spiro atoms. The van der Waals surface area contributed by atoms with Gasteiger partial charge in [0.05, 0.1) is 22.6 Å². The molecule has 0 radical (unpaired) electrons. The van der Waals surface area contributed by atoms with Gasteiger partial charge in [-0.1, -0.05) is 6.07 Å². The van der Waals surface area contributed by atoms with Crippen LogP contribution in [0.1, 0.15) is 22.3 Å². The maximum absolute atomic E-state index is 13.3. The summed E-state index contributed by atoms with van der Waals surface area (Å²) in [5.41, 5.74) is -2.26. The third-order valence-electron chi connectivity index (χ3n) is 5.73. The standard InChI is InChI=1S/C23H19F6NO5/c24-22(25,26)15-2-1-13(18(4-15)23(27,28)29)11-34-16-5-19(31)17-3-12(10-35-20(17)6-16)7-30-8-14(9-30)21(32)33/h1-6,14,31H,7-11H2,(H,32,33). The first-order valence-corrected chi connectivity index (χ1v) is 10.4. The molecule has 2 aliphatic heterocycles. The van der Waals surface area contributed by atoms with E-state index in [2.05, 4.69) is 0 Å². The van der Waals surface area contributed by atoms with Crippen LogP contribution < -0.4 is 9.47 Å². The van der Waals surface area contributed by atoms with Crippen LogP contribution in [0.4, 0.5) is 26.3 Å². The third kappa shape index (κ3) is 5.47. The van der Waals surface area contributed by atoms with Crippen molar-refractivity contribution in [2.75, 3.05) is 26.2 Å². The molecule has 0 amide bonds. The molecule has 1 fully saturated rings. The van der Waals surface area contributed by atoms with Gasteiger partial charge in [-0.2, -0.15) is 26.3 Å². The minimum absolute atomic E-state index is 0.0295. The summed E-state index contributed by atoms with van der Waals surface area (Å²) in [6.45, 7) is 0.729. The Balaban J connectivity index is 1.48. The first-order valence-electron chi connectivity index (χ1n) is 10.4. The number of aliphatic carboxylic acids is 1. The van der Waals surface area contributed by atoms with E-state index in [1.54, 1.807) is 6.08 Å². The molecule has 2 aliphatic rings. The lowest BCUT2D eigenvalue weighted by molar-refractivity contribution is -0.147. The number of phenolic OH excluding ortho intramolecular Hbond substituents is 1. The normalized spacial score (nSPS) is 16.7. The number of rotatable bonds is 6. The average Bonchev–Trinajstić information content (AvgIpc) is 2.73. The van der Waals surface area contributed by atoms with E-state index in [1.165, 1.54) is 12.1 Å². The largest absolute Gasteiger partial charge is 0.507 e. The van der Waals surface area contributed by atoms with E-state index < -0.39 is 47.5 Å². The number of ether oxygens (including phenoxy) is 2. The van der Waals surface area contributed by atoms with Gasteiger partial charge in [0.2, 0.25) is 0 Å². The molecule has 0 saturated carbocycles. The van der Waals surface area contributed by atoms with E-state index in [-0.39, 0.29) is 29.9 Å². The lowest BCUT2D eigenvalue weighted by atomic mass is 9.98. The van der Waals surface area contributed by atoms with Crippen molar-refractivity contribution in [1.29, 1.82) is 0 Å². The predicted octanol–water partition coefficient (Wildman–Crippen LogP) is 4.80. The van der Waals surface area contributed by atoms with Gasteiger partial charge < -0.3 is 19.7 Å². The minimum Gasteiger partial charge on any atom is -0.507 e. The highest BCUT2D eigenvalue weighted by atomic mass is 19.4. The summed E-state index contributed by atoms with van der Waals surface area (Å²) in [4.78, 5) is 12.8. The molecule has 0 unspecified atom stereocenters. The molecular weight excluding hydrogens is 484 g/mol. The Kier molecular flexibility index (Phi) is 6.34. The summed E-state index contributed by atoms with van der Waals surface area (Å²) >= 11 is 0. The number of fused-ring (bicyclic) bond motifs is 1. The van der Waals surface area contributed by atoms with Crippen LogP contribution in [0.25, 0.3) is 6.08 Å². The molecule has 2 aromatic carbocycles. The van der Waals surface area contributed by atoms with E-state index in [9.17, 15) is 36.2 Å². The van der Waals surface area contributed by atoms with Crippen LogP contribution in [0.5, 0.6) is 17.2 Å². The van der Waals surface area contributed by atoms with Crippen molar-refractivity contribution in [3.63, 3.8) is 0 Å². The number of alkyl halides is 6. The summed E-state index contributed by atoms with van der Waals surface area (Å²) < 4.78 is 89.5. The number of hydrogen-bond acceptors (Lipinski definition) is 5. The first-order chi connectivity index (χ1) is 16.3. The van der Waals surface area contributed by atoms with Crippen LogP contribution in [-0.4, -0.2) is 47.3 Å². The molecule has 6 nitrogen and oxygen atoms in total. The highest BCUT2D eigenvalue weighted by Crippen LogP contribution is 2.40. The highest BCUT2D eigenvalue weighted by Gasteiger charge is 2.38. The Bertz CT molecular complexity index is 1170. The van der Waals surface area contributed by atoms with Gasteiger partial charge in [0.1, 0.15) is 30.5 Å². The van der Waals surface area contributed by atoms with Gasteiger partial charge in [0, 0.05) is 37.3 Å². The topological polar surface area (TPSA) is 79.2 Å². The SMILES string of the molecule is O=C(O)C1CN(CC2=Cc3c(O)cc(OCc4ccc(C(F)(F)F)cc4C(F)(F)F)cc3OC2)C1. The van der Waals surface area contributed by atoms with Crippen LogP contribution in [0.2, 0.25) is 0 Å². The number of carboxylic acid groups (broad SMARTS) is 1. The van der Waals surface area contributed by atoms with Gasteiger partial charge in [0.15, 0.2) is 0 Å². The van der Waals surface area contributed by atoms with Gasteiger partial charge in [0.25, 0.3) is 0 Å². The number of likely N-dealkylation sites (tertiary alicyclic amines) is 1. The fourth-order valence-corrected chi connectivity index (χ4v) is 3.89. The smallest absolute Gasteiger partial charge is 0.416 e. The molecule has 2 heterocycles. The van der Waals surface area contributed by atoms with E-state index >= 15 is 0 Å². The number of hydrogen-bond donors (Lipinski definition) is 2. The molecule has 1 saturated heterocycles. The van der Waals surface area contributed by atoms with Crippen LogP contribution >= 0.6 is 0 Å². The highest BCUT2D eigenvalue weighted by molar-refractivity contribution is 5.72. The van der Waals surface area contributed by atoms with Crippen LogP contribution in [-0.2, 0) is 23.8 Å². The van der Waals surface area contributed by atoms with Crippen molar-refractivity contribution in [2.24, 2.45) is 5.92 Å². The Labute approximate surface area is 195 Å². The zero-order chi connectivity index (χ0) is 25.5. The van der Waals surface area contributed by atoms with E-state index in [0.29, 0.717) is 37.3 Å². The summed E-state index contributed by atoms with van der Waals surface area (Å²) in [5.74, 6) is -1.34. The lowest BCUT2D eigenvalue weighted by Crippen LogP contribution is -2.51. The molecule has 12 heteroatoms. The monoisotopic (exact) mass is 503 g/mol. The predicted molar refractivity (Wildman–Crippen MR) is 110 cm³/mol. The molecule has 2 N–H and O–H groups in total. The van der Waals surface area contributed by atoms with Gasteiger partial charge >= 0.3 is 18.3 Å². The Morgan fingerprint density at radius 1 is 1.09 bits per heavy atom. The second-order valence-corrected chi connectivity index (χ2v) is 8.33. The van der Waals surface area contributed by atoms with Crippen molar-refractivity contribution in [2.45, 2.75) is 19.0 Å². The maximum Gasteiger partial charge on any atom is 0.416 e. The van der Waals surface area contributed by atoms with Crippen LogP contribution in [0, 0.1) is 5.92 Å². The molecule has 0 bridgehead atoms. The second kappa shape index (κ2) is 8.99. The summed E-state index contributed by atoms with van der Waals surface area (Å²) in [7, 11) is 0. The van der Waals surface area contributed by atoms with Gasteiger partial charge in [-0.15, -0.1) is 0 Å². The fourth-order valence-electron chi connectivity index (χ4n) is 3.89. The Hall–Kier alpha value is -3.41. The molecule has 0 aromatic heterocycles. The van der Waals surface area contributed by atoms with Crippen molar-refractivity contribution >= 4 is 12.0 Å². The quantitative estimate of drug-likeness (QED) is 0.552. The fraction of sp³-hybridized carbons (Fsp3) is 0.348. The number of carbonyl (C=O) groups is 1. The molecule has 2 aromatic rings. The van der Waals surface area contributed by atoms with Crippen molar-refractivity contribution in [3.8, 4) is 17.2 Å². The van der Waals surface area contributed by atoms with Gasteiger partial charge in [-0.3, -0.25) is 9.69 Å². The first kappa shape index (κ1) is 24.7. The average molecular weight is 503 g/mol. The molecule has 0 aliphatic carbocycles. The van der Waals surface area contributed by atoms with E-state index in [4.69, 9.17) is 14.6 Å². The molecule has 4 rings (SSSR count). The molecule has 0 atom stereocenters. The summed E-state index contributed by atoms with van der Waals surface area (Å²) in [5, 5.41) is 19.3. The van der Waals surface area contributed by atoms with Gasteiger partial charge in [-0.25, -0.2) is 0 Å². The number of aromatic hydroxyl groups is 1. The zero-order valence-electron chi connectivity index (χ0n) is 17.9. The third-order valence-corrected chi connectivity index (χ3v) is 5.73. The van der Waals surface area contributed by atoms with Crippen molar-refractivity contribution < 1.29 is 50.8 Å². The Morgan fingerprint density at radius 3 is 2.43 bits per heavy atom. The summed E-state index contributed by atoms with van der Waals surface area (Å²) in [6, 6.07) is 3.83. The van der Waals surface area contributed by atoms with Gasteiger partial charge in [-0.05, 0) is 23.8 Å². The van der Waals surface area contributed by atoms with Crippen LogP contribution in [0.3, 0.4) is 0 Å². The lowest BCUT2D eigenvalue weighted by Gasteiger charge is -2.37. The Morgan fingerprint density at radius 2 is 1.80 bits per heavy atom. The maximum atomic E-state index is 13.3. The number of benzene rings is 2. The van der Waals surface area contributed by atoms with Crippen molar-refractivity contribution in [1.82, 2.24) is 4.90 Å². The number of phenols is 1. The molecule has 188 valence electrons. The minimum atomic E-state index is -5.02. The van der Waals surface area contributed by atoms with Crippen molar-refractivity contribution in [3.05, 3.63) is 58.2 Å². The van der Waals surface area contributed by atoms with Crippen LogP contribution in [0.15, 0.2) is 35.9 Å². The van der Waals surface area contributed by atoms with E-state index in [0.717, 1.165) is 5.57 Å².